The Kier molecular flexibility index (Phi) is 4.35. The van der Waals surface area contributed by atoms with Crippen molar-refractivity contribution in [3.8, 4) is 0 Å². The van der Waals surface area contributed by atoms with Gasteiger partial charge in [-0.3, -0.25) is 0 Å². The first-order valence-corrected chi connectivity index (χ1v) is 7.53. The van der Waals surface area contributed by atoms with Crippen molar-refractivity contribution >= 4 is 0 Å². The Balaban J connectivity index is 1.70. The topological polar surface area (TPSA) is 47.3 Å². The maximum absolute atomic E-state index is 6.46. The summed E-state index contributed by atoms with van der Waals surface area (Å²) in [5, 5.41) is 3.69. The van der Waals surface area contributed by atoms with E-state index >= 15 is 0 Å². The second-order valence-electron chi connectivity index (χ2n) is 6.96. The standard InChI is InChI=1S/C15H30N2O/c1-14(2)12(11-13(14)18-3)17-10-9-15(16)7-5-4-6-8-15/h12-13,17H,4-11,16H2,1-3H3. The van der Waals surface area contributed by atoms with E-state index in [0.717, 1.165) is 19.4 Å². The number of methoxy groups -OCH3 is 1. The van der Waals surface area contributed by atoms with Crippen LogP contribution in [0.2, 0.25) is 0 Å². The number of hydrogen-bond acceptors (Lipinski definition) is 3. The van der Waals surface area contributed by atoms with Crippen molar-refractivity contribution < 1.29 is 4.74 Å². The van der Waals surface area contributed by atoms with E-state index in [4.69, 9.17) is 10.5 Å². The van der Waals surface area contributed by atoms with Gasteiger partial charge in [-0.2, -0.15) is 0 Å². The van der Waals surface area contributed by atoms with Crippen LogP contribution < -0.4 is 11.1 Å². The summed E-state index contributed by atoms with van der Waals surface area (Å²) in [4.78, 5) is 0. The van der Waals surface area contributed by atoms with Gasteiger partial charge in [0.05, 0.1) is 6.10 Å². The van der Waals surface area contributed by atoms with E-state index in [-0.39, 0.29) is 11.0 Å². The first-order chi connectivity index (χ1) is 8.48. The molecule has 3 N–H and O–H groups in total. The lowest BCUT2D eigenvalue weighted by Gasteiger charge is -2.51. The zero-order valence-corrected chi connectivity index (χ0v) is 12.3. The molecule has 18 heavy (non-hydrogen) atoms. The Labute approximate surface area is 112 Å². The SMILES string of the molecule is COC1CC(NCCC2(N)CCCCC2)C1(C)C. The summed E-state index contributed by atoms with van der Waals surface area (Å²) in [5.74, 6) is 0. The number of nitrogens with two attached hydrogens (primary N) is 1. The van der Waals surface area contributed by atoms with Gasteiger partial charge in [0.25, 0.3) is 0 Å². The molecule has 0 aliphatic heterocycles. The van der Waals surface area contributed by atoms with E-state index in [2.05, 4.69) is 19.2 Å². The fraction of sp³-hybridized carbons (Fsp3) is 1.00. The van der Waals surface area contributed by atoms with Crippen molar-refractivity contribution in [2.45, 2.75) is 76.5 Å². The molecule has 3 heteroatoms. The van der Waals surface area contributed by atoms with Crippen LogP contribution in [0.5, 0.6) is 0 Å². The lowest BCUT2D eigenvalue weighted by atomic mass is 9.64. The third-order valence-corrected chi connectivity index (χ3v) is 5.33. The molecule has 2 rings (SSSR count). The maximum Gasteiger partial charge on any atom is 0.0652 e. The molecule has 0 bridgehead atoms. The average Bonchev–Trinajstić information content (AvgIpc) is 2.33. The van der Waals surface area contributed by atoms with E-state index in [1.54, 1.807) is 0 Å². The molecule has 2 fully saturated rings. The molecule has 2 unspecified atom stereocenters. The summed E-state index contributed by atoms with van der Waals surface area (Å²) >= 11 is 0. The van der Waals surface area contributed by atoms with Crippen LogP contribution in [0, 0.1) is 5.41 Å². The van der Waals surface area contributed by atoms with Gasteiger partial charge in [-0.1, -0.05) is 33.1 Å². The molecular weight excluding hydrogens is 224 g/mol. The number of hydrogen-bond donors (Lipinski definition) is 2. The molecule has 2 aliphatic carbocycles. The molecule has 0 radical (unpaired) electrons. The Morgan fingerprint density at radius 1 is 1.22 bits per heavy atom. The van der Waals surface area contributed by atoms with Crippen molar-refractivity contribution in [1.82, 2.24) is 5.32 Å². The zero-order chi connectivity index (χ0) is 13.2. The van der Waals surface area contributed by atoms with Crippen LogP contribution >= 0.6 is 0 Å². The quantitative estimate of drug-likeness (QED) is 0.792. The van der Waals surface area contributed by atoms with E-state index in [9.17, 15) is 0 Å². The van der Waals surface area contributed by atoms with Crippen LogP contribution in [-0.4, -0.2) is 31.3 Å². The minimum atomic E-state index is 0.111. The largest absolute Gasteiger partial charge is 0.381 e. The fourth-order valence-corrected chi connectivity index (χ4v) is 3.63. The highest BCUT2D eigenvalue weighted by Crippen LogP contribution is 2.42. The van der Waals surface area contributed by atoms with Crippen LogP contribution in [0.3, 0.4) is 0 Å². The van der Waals surface area contributed by atoms with E-state index in [0.29, 0.717) is 12.1 Å². The van der Waals surface area contributed by atoms with Crippen LogP contribution in [0.25, 0.3) is 0 Å². The van der Waals surface area contributed by atoms with Crippen molar-refractivity contribution in [3.05, 3.63) is 0 Å². The molecule has 3 nitrogen and oxygen atoms in total. The lowest BCUT2D eigenvalue weighted by Crippen LogP contribution is -2.61. The van der Waals surface area contributed by atoms with Gasteiger partial charge in [0.15, 0.2) is 0 Å². The van der Waals surface area contributed by atoms with Crippen molar-refractivity contribution in [1.29, 1.82) is 0 Å². The molecule has 0 aromatic carbocycles. The number of nitrogens with one attached hydrogen (secondary N) is 1. The molecule has 2 aliphatic rings. The molecule has 2 atom stereocenters. The molecule has 0 heterocycles. The smallest absolute Gasteiger partial charge is 0.0652 e. The Hall–Kier alpha value is -0.120. The number of ether oxygens (including phenoxy) is 1. The molecule has 0 aromatic heterocycles. The highest BCUT2D eigenvalue weighted by atomic mass is 16.5. The van der Waals surface area contributed by atoms with Crippen LogP contribution in [0.15, 0.2) is 0 Å². The molecule has 0 spiro atoms. The zero-order valence-electron chi connectivity index (χ0n) is 12.3. The van der Waals surface area contributed by atoms with E-state index in [1.807, 2.05) is 7.11 Å². The van der Waals surface area contributed by atoms with Gasteiger partial charge >= 0.3 is 0 Å². The summed E-state index contributed by atoms with van der Waals surface area (Å²) in [6.07, 6.45) is 9.10. The van der Waals surface area contributed by atoms with Gasteiger partial charge in [0.1, 0.15) is 0 Å². The summed E-state index contributed by atoms with van der Waals surface area (Å²) in [6.45, 7) is 5.64. The van der Waals surface area contributed by atoms with Gasteiger partial charge in [0.2, 0.25) is 0 Å². The average molecular weight is 254 g/mol. The van der Waals surface area contributed by atoms with Gasteiger partial charge in [-0.05, 0) is 32.2 Å². The summed E-state index contributed by atoms with van der Waals surface area (Å²) in [5.41, 5.74) is 6.84. The molecule has 0 saturated heterocycles. The Bertz CT molecular complexity index is 272. The molecule has 0 amide bonds. The number of rotatable bonds is 5. The van der Waals surface area contributed by atoms with E-state index < -0.39 is 0 Å². The Morgan fingerprint density at radius 2 is 1.89 bits per heavy atom. The van der Waals surface area contributed by atoms with Crippen molar-refractivity contribution in [2.75, 3.05) is 13.7 Å². The second kappa shape index (κ2) is 5.48. The van der Waals surface area contributed by atoms with Crippen LogP contribution in [-0.2, 0) is 4.74 Å². The second-order valence-corrected chi connectivity index (χ2v) is 6.96. The fourth-order valence-electron chi connectivity index (χ4n) is 3.63. The monoisotopic (exact) mass is 254 g/mol. The lowest BCUT2D eigenvalue weighted by molar-refractivity contribution is -0.0975. The van der Waals surface area contributed by atoms with Gasteiger partial charge < -0.3 is 15.8 Å². The first kappa shape index (κ1) is 14.3. The normalized spacial score (nSPS) is 34.0. The van der Waals surface area contributed by atoms with Crippen LogP contribution in [0.1, 0.15) is 58.8 Å². The third-order valence-electron chi connectivity index (χ3n) is 5.33. The maximum atomic E-state index is 6.46. The van der Waals surface area contributed by atoms with Crippen molar-refractivity contribution in [2.24, 2.45) is 11.1 Å². The highest BCUT2D eigenvalue weighted by molar-refractivity contribution is 5.02. The van der Waals surface area contributed by atoms with Gasteiger partial charge in [-0.15, -0.1) is 0 Å². The van der Waals surface area contributed by atoms with Gasteiger partial charge in [-0.25, -0.2) is 0 Å². The van der Waals surface area contributed by atoms with Crippen LogP contribution in [0.4, 0.5) is 0 Å². The molecule has 106 valence electrons. The molecular formula is C15H30N2O. The highest BCUT2D eigenvalue weighted by Gasteiger charge is 2.48. The predicted octanol–water partition coefficient (Wildman–Crippen LogP) is 2.44. The van der Waals surface area contributed by atoms with Crippen molar-refractivity contribution in [3.63, 3.8) is 0 Å². The predicted molar refractivity (Wildman–Crippen MR) is 75.6 cm³/mol. The summed E-state index contributed by atoms with van der Waals surface area (Å²) in [6, 6.07) is 0.592. The molecule has 2 saturated carbocycles. The minimum Gasteiger partial charge on any atom is -0.381 e. The minimum absolute atomic E-state index is 0.111. The summed E-state index contributed by atoms with van der Waals surface area (Å²) < 4.78 is 5.48. The molecule has 0 aromatic rings. The third kappa shape index (κ3) is 2.89. The Morgan fingerprint density at radius 3 is 2.44 bits per heavy atom. The van der Waals surface area contributed by atoms with E-state index in [1.165, 1.54) is 32.1 Å². The first-order valence-electron chi connectivity index (χ1n) is 7.53. The van der Waals surface area contributed by atoms with Gasteiger partial charge in [0, 0.05) is 24.1 Å². The summed E-state index contributed by atoms with van der Waals surface area (Å²) in [7, 11) is 1.82.